The molecule has 24 heavy (non-hydrogen) atoms. The topological polar surface area (TPSA) is 89.6 Å². The predicted molar refractivity (Wildman–Crippen MR) is 93.5 cm³/mol. The number of pyridine rings is 1. The largest absolute Gasteiger partial charge is 0.497 e. The third-order valence-corrected chi connectivity index (χ3v) is 3.44. The van der Waals surface area contributed by atoms with E-state index in [0.29, 0.717) is 27.9 Å². The van der Waals surface area contributed by atoms with Gasteiger partial charge in [0.05, 0.1) is 23.9 Å². The molecule has 0 fully saturated rings. The second-order valence-electron chi connectivity index (χ2n) is 5.03. The zero-order chi connectivity index (χ0) is 16.9. The molecule has 1 heterocycles. The fourth-order valence-electron chi connectivity index (χ4n) is 2.31. The van der Waals surface area contributed by atoms with E-state index in [0.717, 1.165) is 0 Å². The quantitative estimate of drug-likeness (QED) is 0.573. The van der Waals surface area contributed by atoms with Gasteiger partial charge in [0.25, 0.3) is 5.91 Å². The number of benzene rings is 2. The van der Waals surface area contributed by atoms with Gasteiger partial charge in [-0.2, -0.15) is 0 Å². The molecule has 0 aliphatic rings. The van der Waals surface area contributed by atoms with Gasteiger partial charge in [-0.05, 0) is 30.3 Å². The summed E-state index contributed by atoms with van der Waals surface area (Å²) in [6.07, 6.45) is 1.57. The first kappa shape index (κ1) is 15.5. The minimum absolute atomic E-state index is 0.0321. The van der Waals surface area contributed by atoms with Crippen molar-refractivity contribution < 1.29 is 9.53 Å². The van der Waals surface area contributed by atoms with Gasteiger partial charge < -0.3 is 10.5 Å². The lowest BCUT2D eigenvalue weighted by Gasteiger charge is -2.08. The van der Waals surface area contributed by atoms with Crippen LogP contribution < -0.4 is 15.8 Å². The number of aliphatic imine (C=N–C) groups is 1. The number of nitrogens with zero attached hydrogens (tertiary/aromatic N) is 2. The molecule has 1 aromatic heterocycles. The summed E-state index contributed by atoms with van der Waals surface area (Å²) in [5.74, 6) is 0.368. The lowest BCUT2D eigenvalue weighted by Crippen LogP contribution is -2.36. The minimum atomic E-state index is -0.343. The number of hydrogen-bond acceptors (Lipinski definition) is 4. The Balaban J connectivity index is 1.87. The summed E-state index contributed by atoms with van der Waals surface area (Å²) in [6, 6.07) is 16.1. The Morgan fingerprint density at radius 1 is 1.17 bits per heavy atom. The lowest BCUT2D eigenvalue weighted by molar-refractivity contribution is 0.0978. The monoisotopic (exact) mass is 320 g/mol. The highest BCUT2D eigenvalue weighted by molar-refractivity contribution is 6.12. The summed E-state index contributed by atoms with van der Waals surface area (Å²) < 4.78 is 5.17. The minimum Gasteiger partial charge on any atom is -0.497 e. The van der Waals surface area contributed by atoms with Crippen molar-refractivity contribution in [3.05, 3.63) is 66.4 Å². The molecule has 6 nitrogen and oxygen atoms in total. The highest BCUT2D eigenvalue weighted by Gasteiger charge is 2.12. The summed E-state index contributed by atoms with van der Waals surface area (Å²) in [7, 11) is 1.58. The maximum atomic E-state index is 12.5. The van der Waals surface area contributed by atoms with Gasteiger partial charge in [-0.3, -0.25) is 15.1 Å². The van der Waals surface area contributed by atoms with E-state index >= 15 is 0 Å². The molecular formula is C18H16N4O2. The first-order valence-corrected chi connectivity index (χ1v) is 7.30. The normalized spacial score (nSPS) is 11.3. The molecule has 3 aromatic rings. The van der Waals surface area contributed by atoms with Gasteiger partial charge >= 0.3 is 0 Å². The molecule has 0 aliphatic carbocycles. The van der Waals surface area contributed by atoms with E-state index in [2.05, 4.69) is 15.3 Å². The van der Waals surface area contributed by atoms with Gasteiger partial charge in [0.2, 0.25) is 5.96 Å². The molecule has 0 aliphatic heterocycles. The van der Waals surface area contributed by atoms with Crippen molar-refractivity contribution in [1.29, 1.82) is 0 Å². The summed E-state index contributed by atoms with van der Waals surface area (Å²) in [4.78, 5) is 20.9. The number of hydrogen-bond donors (Lipinski definition) is 2. The first-order chi connectivity index (χ1) is 11.7. The van der Waals surface area contributed by atoms with Crippen LogP contribution in [0.5, 0.6) is 5.75 Å². The zero-order valence-corrected chi connectivity index (χ0v) is 13.1. The van der Waals surface area contributed by atoms with E-state index in [1.54, 1.807) is 49.7 Å². The Kier molecular flexibility index (Phi) is 4.38. The average molecular weight is 320 g/mol. The number of para-hydroxylation sites is 1. The average Bonchev–Trinajstić information content (AvgIpc) is 2.61. The number of nitrogens with two attached hydrogens (primary N) is 1. The lowest BCUT2D eigenvalue weighted by atomic mass is 10.1. The van der Waals surface area contributed by atoms with Gasteiger partial charge in [0.1, 0.15) is 5.75 Å². The number of fused-ring (bicyclic) bond motifs is 1. The van der Waals surface area contributed by atoms with E-state index < -0.39 is 0 Å². The van der Waals surface area contributed by atoms with Crippen molar-refractivity contribution in [3.8, 4) is 5.75 Å². The van der Waals surface area contributed by atoms with E-state index in [1.165, 1.54) is 0 Å². The summed E-state index contributed by atoms with van der Waals surface area (Å²) in [5, 5.41) is 3.31. The molecule has 0 spiro atoms. The van der Waals surface area contributed by atoms with Gasteiger partial charge in [0, 0.05) is 17.6 Å². The third-order valence-electron chi connectivity index (χ3n) is 3.44. The summed E-state index contributed by atoms with van der Waals surface area (Å²) >= 11 is 0. The Morgan fingerprint density at radius 3 is 2.71 bits per heavy atom. The van der Waals surface area contributed by atoms with Gasteiger partial charge in [-0.25, -0.2) is 4.99 Å². The zero-order valence-electron chi connectivity index (χ0n) is 13.1. The van der Waals surface area contributed by atoms with Crippen LogP contribution in [0.1, 0.15) is 10.4 Å². The number of carbonyl (C=O) groups excluding carboxylic acids is 1. The molecule has 2 aromatic carbocycles. The molecule has 3 rings (SSSR count). The molecule has 0 radical (unpaired) electrons. The van der Waals surface area contributed by atoms with Crippen LogP contribution >= 0.6 is 0 Å². The predicted octanol–water partition coefficient (Wildman–Crippen LogP) is 2.62. The van der Waals surface area contributed by atoms with Crippen LogP contribution in [-0.2, 0) is 0 Å². The van der Waals surface area contributed by atoms with Crippen molar-refractivity contribution >= 4 is 28.5 Å². The second-order valence-corrected chi connectivity index (χ2v) is 5.03. The van der Waals surface area contributed by atoms with Crippen molar-refractivity contribution in [2.45, 2.75) is 0 Å². The van der Waals surface area contributed by atoms with E-state index in [1.807, 2.05) is 18.2 Å². The maximum Gasteiger partial charge on any atom is 0.258 e. The molecule has 0 bridgehead atoms. The van der Waals surface area contributed by atoms with Crippen molar-refractivity contribution in [2.75, 3.05) is 7.11 Å². The Hall–Kier alpha value is -3.41. The smallest absolute Gasteiger partial charge is 0.258 e. The van der Waals surface area contributed by atoms with E-state index in [9.17, 15) is 4.79 Å². The number of carbonyl (C=O) groups is 1. The van der Waals surface area contributed by atoms with Crippen LogP contribution in [0.25, 0.3) is 10.9 Å². The van der Waals surface area contributed by atoms with Gasteiger partial charge in [-0.1, -0.05) is 18.2 Å². The molecule has 1 amide bonds. The van der Waals surface area contributed by atoms with E-state index in [-0.39, 0.29) is 11.9 Å². The number of aromatic nitrogens is 1. The van der Waals surface area contributed by atoms with Crippen molar-refractivity contribution in [1.82, 2.24) is 10.3 Å². The standard InChI is InChI=1S/C18H16N4O2/c1-24-13-7-8-14-15(9-10-20-16(14)11-13)17(23)22-18(19)21-12-5-3-2-4-6-12/h2-11H,1H3,(H3,19,21,22,23). The molecular weight excluding hydrogens is 304 g/mol. The second kappa shape index (κ2) is 6.78. The number of ether oxygens (including phenoxy) is 1. The van der Waals surface area contributed by atoms with E-state index in [4.69, 9.17) is 10.5 Å². The molecule has 6 heteroatoms. The molecule has 3 N–H and O–H groups in total. The number of amides is 1. The molecule has 0 saturated carbocycles. The van der Waals surface area contributed by atoms with Crippen LogP contribution in [-0.4, -0.2) is 24.0 Å². The summed E-state index contributed by atoms with van der Waals surface area (Å²) in [6.45, 7) is 0. The maximum absolute atomic E-state index is 12.5. The molecule has 120 valence electrons. The van der Waals surface area contributed by atoms with Crippen molar-refractivity contribution in [3.63, 3.8) is 0 Å². The van der Waals surface area contributed by atoms with Crippen LogP contribution in [0.3, 0.4) is 0 Å². The number of guanidine groups is 1. The Labute approximate surface area is 139 Å². The van der Waals surface area contributed by atoms with Crippen LogP contribution in [0, 0.1) is 0 Å². The Bertz CT molecular complexity index is 907. The van der Waals surface area contributed by atoms with Crippen LogP contribution in [0.15, 0.2) is 65.8 Å². The van der Waals surface area contributed by atoms with Gasteiger partial charge in [-0.15, -0.1) is 0 Å². The number of rotatable bonds is 3. The first-order valence-electron chi connectivity index (χ1n) is 7.30. The Morgan fingerprint density at radius 2 is 1.96 bits per heavy atom. The number of nitrogens with one attached hydrogen (secondary N) is 1. The fraction of sp³-hybridized carbons (Fsp3) is 0.0556. The fourth-order valence-corrected chi connectivity index (χ4v) is 2.31. The number of methoxy groups -OCH3 is 1. The molecule has 0 saturated heterocycles. The highest BCUT2D eigenvalue weighted by atomic mass is 16.5. The van der Waals surface area contributed by atoms with Gasteiger partial charge in [0.15, 0.2) is 0 Å². The third kappa shape index (κ3) is 3.33. The molecule has 0 atom stereocenters. The molecule has 0 unspecified atom stereocenters. The van der Waals surface area contributed by atoms with Crippen molar-refractivity contribution in [2.24, 2.45) is 10.7 Å². The SMILES string of the molecule is COc1ccc2c(C(=O)NC(N)=Nc3ccccc3)ccnc2c1. The van der Waals surface area contributed by atoms with Crippen LogP contribution in [0.2, 0.25) is 0 Å². The summed E-state index contributed by atoms with van der Waals surface area (Å²) in [5.41, 5.74) is 7.62. The highest BCUT2D eigenvalue weighted by Crippen LogP contribution is 2.22. The van der Waals surface area contributed by atoms with Crippen LogP contribution in [0.4, 0.5) is 5.69 Å².